The Morgan fingerprint density at radius 3 is 2.92 bits per heavy atom. The molecule has 2 aromatic heterocycles. The van der Waals surface area contributed by atoms with Gasteiger partial charge in [0.05, 0.1) is 11.8 Å². The molecule has 0 saturated carbocycles. The number of rotatable bonds is 7. The number of nitrogens with zero attached hydrogens (tertiary/aromatic N) is 4. The van der Waals surface area contributed by atoms with Crippen molar-refractivity contribution in [3.63, 3.8) is 0 Å². The van der Waals surface area contributed by atoms with E-state index >= 15 is 0 Å². The molecule has 1 aliphatic rings. The van der Waals surface area contributed by atoms with Gasteiger partial charge in [0, 0.05) is 56.4 Å². The summed E-state index contributed by atoms with van der Waals surface area (Å²) in [7, 11) is 1.95. The molecule has 2 N–H and O–H groups in total. The second kappa shape index (κ2) is 8.37. The first kappa shape index (κ1) is 17.1. The highest BCUT2D eigenvalue weighted by Crippen LogP contribution is 2.20. The van der Waals surface area contributed by atoms with Gasteiger partial charge < -0.3 is 15.3 Å². The fourth-order valence-electron chi connectivity index (χ4n) is 3.21. The van der Waals surface area contributed by atoms with E-state index < -0.39 is 0 Å². The molecule has 1 fully saturated rings. The number of likely N-dealkylation sites (tertiary alicyclic amines) is 1. The van der Waals surface area contributed by atoms with Crippen molar-refractivity contribution in [2.45, 2.75) is 31.9 Å². The predicted octanol–water partition coefficient (Wildman–Crippen LogP) is 1.42. The predicted molar refractivity (Wildman–Crippen MR) is 94.4 cm³/mol. The number of nitrogens with one attached hydrogen (secondary N) is 1. The van der Waals surface area contributed by atoms with Crippen LogP contribution < -0.4 is 5.32 Å². The number of piperidine rings is 1. The molecule has 0 radical (unpaired) electrons. The summed E-state index contributed by atoms with van der Waals surface area (Å²) in [5.41, 5.74) is 3.26. The second-order valence-corrected chi connectivity index (χ2v) is 6.52. The zero-order valence-corrected chi connectivity index (χ0v) is 14.4. The Labute approximate surface area is 143 Å². The molecule has 2 aromatic rings. The minimum absolute atomic E-state index is 0.0872. The number of aromatic nitrogens is 3. The van der Waals surface area contributed by atoms with Crippen molar-refractivity contribution in [2.24, 2.45) is 7.05 Å². The summed E-state index contributed by atoms with van der Waals surface area (Å²) in [6.07, 6.45) is 8.58. The Morgan fingerprint density at radius 1 is 1.33 bits per heavy atom. The van der Waals surface area contributed by atoms with Crippen LogP contribution in [-0.2, 0) is 13.6 Å². The molecular formula is C18H27N5O. The third kappa shape index (κ3) is 4.63. The summed E-state index contributed by atoms with van der Waals surface area (Å²) in [5, 5.41) is 17.6. The lowest BCUT2D eigenvalue weighted by Crippen LogP contribution is -2.37. The maximum atomic E-state index is 9.53. The zero-order chi connectivity index (χ0) is 16.8. The van der Waals surface area contributed by atoms with E-state index in [0.29, 0.717) is 0 Å². The Morgan fingerprint density at radius 2 is 2.17 bits per heavy atom. The molecule has 6 nitrogen and oxygen atoms in total. The fraction of sp³-hybridized carbons (Fsp3) is 0.556. The van der Waals surface area contributed by atoms with Crippen LogP contribution in [-0.4, -0.2) is 57.1 Å². The van der Waals surface area contributed by atoms with Gasteiger partial charge in [0.2, 0.25) is 0 Å². The molecular weight excluding hydrogens is 302 g/mol. The maximum absolute atomic E-state index is 9.53. The van der Waals surface area contributed by atoms with E-state index in [0.717, 1.165) is 63.2 Å². The number of hydrogen-bond acceptors (Lipinski definition) is 5. The standard InChI is InChI=1S/C18H27N5O/c1-22-14-16(18(21-22)15-4-2-7-19-12-15)13-20-8-3-9-23-10-5-17(24)6-11-23/h2,4,7,12,14,17,20,24H,3,5-6,8-11,13H2,1H3. The van der Waals surface area contributed by atoms with Crippen molar-refractivity contribution in [2.75, 3.05) is 26.2 Å². The van der Waals surface area contributed by atoms with Gasteiger partial charge in [0.15, 0.2) is 0 Å². The van der Waals surface area contributed by atoms with Crippen molar-refractivity contribution in [1.29, 1.82) is 0 Å². The van der Waals surface area contributed by atoms with E-state index in [-0.39, 0.29) is 6.10 Å². The van der Waals surface area contributed by atoms with Crippen molar-refractivity contribution in [3.8, 4) is 11.3 Å². The van der Waals surface area contributed by atoms with Crippen LogP contribution >= 0.6 is 0 Å². The highest BCUT2D eigenvalue weighted by atomic mass is 16.3. The van der Waals surface area contributed by atoms with Crippen molar-refractivity contribution in [3.05, 3.63) is 36.3 Å². The lowest BCUT2D eigenvalue weighted by molar-refractivity contribution is 0.0821. The molecule has 0 bridgehead atoms. The molecule has 130 valence electrons. The van der Waals surface area contributed by atoms with Crippen LogP contribution in [0.25, 0.3) is 11.3 Å². The topological polar surface area (TPSA) is 66.2 Å². The Bertz CT molecular complexity index is 620. The van der Waals surface area contributed by atoms with Gasteiger partial charge in [-0.15, -0.1) is 0 Å². The number of aliphatic hydroxyl groups is 1. The van der Waals surface area contributed by atoms with Crippen molar-refractivity contribution in [1.82, 2.24) is 25.0 Å². The van der Waals surface area contributed by atoms with E-state index in [1.807, 2.05) is 30.1 Å². The maximum Gasteiger partial charge on any atom is 0.0983 e. The third-order valence-corrected chi connectivity index (χ3v) is 4.54. The fourth-order valence-corrected chi connectivity index (χ4v) is 3.21. The average Bonchev–Trinajstić information content (AvgIpc) is 2.98. The molecule has 0 aromatic carbocycles. The van der Waals surface area contributed by atoms with Gasteiger partial charge in [-0.25, -0.2) is 0 Å². The largest absolute Gasteiger partial charge is 0.393 e. The number of aliphatic hydroxyl groups excluding tert-OH is 1. The third-order valence-electron chi connectivity index (χ3n) is 4.54. The summed E-state index contributed by atoms with van der Waals surface area (Å²) in [6.45, 7) is 4.95. The Hall–Kier alpha value is -1.76. The molecule has 0 aliphatic carbocycles. The molecule has 1 aliphatic heterocycles. The van der Waals surface area contributed by atoms with Crippen LogP contribution in [0, 0.1) is 0 Å². The molecule has 3 heterocycles. The molecule has 6 heteroatoms. The highest BCUT2D eigenvalue weighted by Gasteiger charge is 2.16. The van der Waals surface area contributed by atoms with Crippen LogP contribution in [0.3, 0.4) is 0 Å². The van der Waals surface area contributed by atoms with Gasteiger partial charge in [-0.05, 0) is 44.5 Å². The number of aryl methyl sites for hydroxylation is 1. The van der Waals surface area contributed by atoms with E-state index in [1.54, 1.807) is 6.20 Å². The molecule has 24 heavy (non-hydrogen) atoms. The summed E-state index contributed by atoms with van der Waals surface area (Å²) >= 11 is 0. The summed E-state index contributed by atoms with van der Waals surface area (Å²) < 4.78 is 1.86. The van der Waals surface area contributed by atoms with Gasteiger partial charge in [-0.1, -0.05) is 0 Å². The van der Waals surface area contributed by atoms with Gasteiger partial charge in [-0.2, -0.15) is 5.10 Å². The smallest absolute Gasteiger partial charge is 0.0983 e. The van der Waals surface area contributed by atoms with Gasteiger partial charge >= 0.3 is 0 Å². The van der Waals surface area contributed by atoms with Crippen molar-refractivity contribution >= 4 is 0 Å². The van der Waals surface area contributed by atoms with Crippen LogP contribution in [0.5, 0.6) is 0 Å². The van der Waals surface area contributed by atoms with E-state index in [9.17, 15) is 5.11 Å². The minimum Gasteiger partial charge on any atom is -0.393 e. The summed E-state index contributed by atoms with van der Waals surface area (Å²) in [5.74, 6) is 0. The number of hydrogen-bond donors (Lipinski definition) is 2. The van der Waals surface area contributed by atoms with E-state index in [4.69, 9.17) is 0 Å². The van der Waals surface area contributed by atoms with Gasteiger partial charge in [0.25, 0.3) is 0 Å². The van der Waals surface area contributed by atoms with Crippen LogP contribution in [0.15, 0.2) is 30.7 Å². The lowest BCUT2D eigenvalue weighted by Gasteiger charge is -2.29. The molecule has 1 saturated heterocycles. The first-order chi connectivity index (χ1) is 11.7. The van der Waals surface area contributed by atoms with Crippen LogP contribution in [0.2, 0.25) is 0 Å². The quantitative estimate of drug-likeness (QED) is 0.752. The van der Waals surface area contributed by atoms with Crippen molar-refractivity contribution < 1.29 is 5.11 Å². The van der Waals surface area contributed by atoms with Crippen LogP contribution in [0.1, 0.15) is 24.8 Å². The highest BCUT2D eigenvalue weighted by molar-refractivity contribution is 5.61. The number of pyridine rings is 1. The lowest BCUT2D eigenvalue weighted by atomic mass is 10.1. The van der Waals surface area contributed by atoms with Gasteiger partial charge in [-0.3, -0.25) is 9.67 Å². The van der Waals surface area contributed by atoms with E-state index in [2.05, 4.69) is 26.5 Å². The summed E-state index contributed by atoms with van der Waals surface area (Å²) in [6, 6.07) is 3.99. The van der Waals surface area contributed by atoms with Crippen LogP contribution in [0.4, 0.5) is 0 Å². The van der Waals surface area contributed by atoms with E-state index in [1.165, 1.54) is 5.56 Å². The molecule has 0 spiro atoms. The van der Waals surface area contributed by atoms with Gasteiger partial charge in [0.1, 0.15) is 0 Å². The SMILES string of the molecule is Cn1cc(CNCCCN2CCC(O)CC2)c(-c2cccnc2)n1. The molecule has 0 amide bonds. The first-order valence-electron chi connectivity index (χ1n) is 8.76. The zero-order valence-electron chi connectivity index (χ0n) is 14.4. The minimum atomic E-state index is -0.0872. The second-order valence-electron chi connectivity index (χ2n) is 6.52. The normalized spacial score (nSPS) is 16.6. The Kier molecular flexibility index (Phi) is 5.96. The average molecular weight is 329 g/mol. The monoisotopic (exact) mass is 329 g/mol. The summed E-state index contributed by atoms with van der Waals surface area (Å²) in [4.78, 5) is 6.63. The molecule has 0 unspecified atom stereocenters. The molecule has 3 rings (SSSR count). The Balaban J connectivity index is 1.44. The first-order valence-corrected chi connectivity index (χ1v) is 8.76. The molecule has 0 atom stereocenters.